The molecule has 1 fully saturated rings. The number of rotatable bonds is 6. The number of halogens is 1. The Morgan fingerprint density at radius 1 is 1.05 bits per heavy atom. The number of amides is 1. The van der Waals surface area contributed by atoms with E-state index >= 15 is 0 Å². The van der Waals surface area contributed by atoms with E-state index in [2.05, 4.69) is 57.2 Å². The molecule has 2 N–H and O–H groups in total. The van der Waals surface area contributed by atoms with Gasteiger partial charge in [-0.1, -0.05) is 60.2 Å². The molecule has 2 heterocycles. The molecule has 2 aliphatic heterocycles. The zero-order chi connectivity index (χ0) is 26.8. The van der Waals surface area contributed by atoms with Gasteiger partial charge in [0, 0.05) is 41.8 Å². The molecule has 6 nitrogen and oxygen atoms in total. The van der Waals surface area contributed by atoms with Gasteiger partial charge in [-0.15, -0.1) is 0 Å². The number of allylic oxidation sites excluding steroid dienone is 2. The van der Waals surface area contributed by atoms with Crippen LogP contribution in [0.2, 0.25) is 5.02 Å². The van der Waals surface area contributed by atoms with Gasteiger partial charge in [0.25, 0.3) is 5.91 Å². The van der Waals surface area contributed by atoms with Gasteiger partial charge in [-0.3, -0.25) is 9.69 Å². The first kappa shape index (κ1) is 25.8. The Morgan fingerprint density at radius 2 is 1.82 bits per heavy atom. The molecule has 1 amide bonds. The average Bonchev–Trinajstić information content (AvgIpc) is 3.47. The number of carbonyl (C=O) groups is 1. The van der Waals surface area contributed by atoms with Gasteiger partial charge in [-0.25, -0.2) is 5.43 Å². The maximum Gasteiger partial charge on any atom is 0.271 e. The first-order chi connectivity index (χ1) is 19.1. The molecule has 0 unspecified atom stereocenters. The van der Waals surface area contributed by atoms with E-state index in [1.807, 2.05) is 49.4 Å². The number of ether oxygens (including phenoxy) is 1. The third-order valence-electron chi connectivity index (χ3n) is 8.07. The van der Waals surface area contributed by atoms with Crippen LogP contribution in [-0.2, 0) is 11.3 Å². The summed E-state index contributed by atoms with van der Waals surface area (Å²) in [5, 5.41) is 8.98. The molecule has 3 aromatic rings. The highest BCUT2D eigenvalue weighted by atomic mass is 35.5. The highest BCUT2D eigenvalue weighted by molar-refractivity contribution is 6.31. The minimum atomic E-state index is -0.215. The fourth-order valence-corrected chi connectivity index (χ4v) is 6.15. The number of benzene rings is 3. The lowest BCUT2D eigenvalue weighted by molar-refractivity contribution is 0.0342. The second kappa shape index (κ2) is 11.3. The van der Waals surface area contributed by atoms with Crippen LogP contribution in [-0.4, -0.2) is 42.8 Å². The molecule has 0 aromatic heterocycles. The molecular formula is C32H33ClN4O2. The Morgan fingerprint density at radius 3 is 2.62 bits per heavy atom. The highest BCUT2D eigenvalue weighted by Gasteiger charge is 2.38. The Bertz CT molecular complexity index is 1410. The van der Waals surface area contributed by atoms with Crippen LogP contribution < -0.4 is 10.7 Å². The van der Waals surface area contributed by atoms with Gasteiger partial charge in [0.15, 0.2) is 0 Å². The average molecular weight is 541 g/mol. The van der Waals surface area contributed by atoms with Crippen molar-refractivity contribution in [2.75, 3.05) is 31.6 Å². The molecule has 1 saturated heterocycles. The molecule has 0 bridgehead atoms. The topological polar surface area (TPSA) is 66.0 Å². The maximum absolute atomic E-state index is 12.8. The van der Waals surface area contributed by atoms with E-state index in [9.17, 15) is 4.79 Å². The smallest absolute Gasteiger partial charge is 0.271 e. The fourth-order valence-electron chi connectivity index (χ4n) is 5.90. The molecule has 1 aliphatic carbocycles. The predicted octanol–water partition coefficient (Wildman–Crippen LogP) is 6.15. The Hall–Kier alpha value is -3.45. The van der Waals surface area contributed by atoms with E-state index in [1.54, 1.807) is 0 Å². The van der Waals surface area contributed by atoms with Gasteiger partial charge in [0.2, 0.25) is 0 Å². The van der Waals surface area contributed by atoms with Crippen molar-refractivity contribution in [3.63, 3.8) is 0 Å². The van der Waals surface area contributed by atoms with Gasteiger partial charge in [0.05, 0.1) is 25.0 Å². The number of morpholine rings is 1. The molecule has 7 heteroatoms. The Labute approximate surface area is 234 Å². The van der Waals surface area contributed by atoms with Crippen molar-refractivity contribution in [1.29, 1.82) is 0 Å². The summed E-state index contributed by atoms with van der Waals surface area (Å²) in [6, 6.07) is 22.4. The maximum atomic E-state index is 12.8. The van der Waals surface area contributed by atoms with Crippen LogP contribution in [0.15, 0.2) is 84.0 Å². The second-order valence-corrected chi connectivity index (χ2v) is 10.9. The van der Waals surface area contributed by atoms with Gasteiger partial charge < -0.3 is 10.1 Å². The molecule has 3 aromatic carbocycles. The molecule has 0 spiro atoms. The lowest BCUT2D eigenvalue weighted by Gasteiger charge is -2.38. The van der Waals surface area contributed by atoms with Gasteiger partial charge in [0.1, 0.15) is 0 Å². The van der Waals surface area contributed by atoms with Crippen molar-refractivity contribution < 1.29 is 9.53 Å². The van der Waals surface area contributed by atoms with E-state index in [0.717, 1.165) is 66.8 Å². The number of anilines is 1. The van der Waals surface area contributed by atoms with Crippen molar-refractivity contribution in [2.45, 2.75) is 31.8 Å². The summed E-state index contributed by atoms with van der Waals surface area (Å²) in [5.74, 6) is 0.491. The number of hydrazone groups is 1. The first-order valence-corrected chi connectivity index (χ1v) is 14.0. The molecular weight excluding hydrogens is 508 g/mol. The molecule has 0 saturated carbocycles. The standard InChI is InChI=1S/C32H33ClN4O2/c1-21(35-36-32(38)23-11-9-22(10-12-23)20-37-15-17-39-18-16-37)24-13-14-30-28(19-24)25-6-4-7-26(25)31(34-30)27-5-2-3-8-29(27)33/h2-6,8-14,19,25-26,31,34H,7,15-18,20H2,1H3,(H,36,38)/b35-21-/t25-,26+,31-/m1/s1. The minimum Gasteiger partial charge on any atom is -0.379 e. The molecule has 6 rings (SSSR count). The van der Waals surface area contributed by atoms with Crippen molar-refractivity contribution in [3.8, 4) is 0 Å². The second-order valence-electron chi connectivity index (χ2n) is 10.5. The largest absolute Gasteiger partial charge is 0.379 e. The highest BCUT2D eigenvalue weighted by Crippen LogP contribution is 2.50. The molecule has 39 heavy (non-hydrogen) atoms. The first-order valence-electron chi connectivity index (χ1n) is 13.6. The summed E-state index contributed by atoms with van der Waals surface area (Å²) in [6.45, 7) is 6.23. The minimum absolute atomic E-state index is 0.159. The summed E-state index contributed by atoms with van der Waals surface area (Å²) in [5.41, 5.74) is 9.79. The van der Waals surface area contributed by atoms with Gasteiger partial charge >= 0.3 is 0 Å². The lowest BCUT2D eigenvalue weighted by atomic mass is 9.76. The zero-order valence-corrected chi connectivity index (χ0v) is 22.8. The van der Waals surface area contributed by atoms with Crippen LogP contribution in [0.3, 0.4) is 0 Å². The Balaban J connectivity index is 1.14. The van der Waals surface area contributed by atoms with Crippen LogP contribution in [0.1, 0.15) is 57.9 Å². The van der Waals surface area contributed by atoms with Crippen LogP contribution in [0.25, 0.3) is 0 Å². The predicted molar refractivity (Wildman–Crippen MR) is 156 cm³/mol. The monoisotopic (exact) mass is 540 g/mol. The van der Waals surface area contributed by atoms with Crippen LogP contribution in [0.5, 0.6) is 0 Å². The van der Waals surface area contributed by atoms with Crippen LogP contribution in [0.4, 0.5) is 5.69 Å². The van der Waals surface area contributed by atoms with Crippen LogP contribution >= 0.6 is 11.6 Å². The summed E-state index contributed by atoms with van der Waals surface area (Å²) in [7, 11) is 0. The van der Waals surface area contributed by atoms with E-state index in [1.165, 1.54) is 11.1 Å². The number of hydrogen-bond acceptors (Lipinski definition) is 5. The SMILES string of the molecule is C/C(=N/NC(=O)c1ccc(CN2CCOCC2)cc1)c1ccc2c(c1)[C@@H]1C=CC[C@@H]1[C@H](c1ccccc1Cl)N2. The summed E-state index contributed by atoms with van der Waals surface area (Å²) in [6.07, 6.45) is 5.59. The Kier molecular flexibility index (Phi) is 7.51. The van der Waals surface area contributed by atoms with Crippen molar-refractivity contribution in [2.24, 2.45) is 11.0 Å². The number of hydrogen-bond donors (Lipinski definition) is 2. The number of fused-ring (bicyclic) bond motifs is 3. The fraction of sp³-hybridized carbons (Fsp3) is 0.312. The number of carbonyl (C=O) groups excluding carboxylic acids is 1. The van der Waals surface area contributed by atoms with Crippen LogP contribution in [0, 0.1) is 5.92 Å². The van der Waals surface area contributed by atoms with Crippen molar-refractivity contribution in [1.82, 2.24) is 10.3 Å². The van der Waals surface area contributed by atoms with E-state index in [-0.39, 0.29) is 11.9 Å². The van der Waals surface area contributed by atoms with Gasteiger partial charge in [-0.05, 0) is 71.8 Å². The lowest BCUT2D eigenvalue weighted by Crippen LogP contribution is -2.35. The molecule has 200 valence electrons. The summed E-state index contributed by atoms with van der Waals surface area (Å²) in [4.78, 5) is 15.1. The quantitative estimate of drug-likeness (QED) is 0.223. The number of nitrogens with one attached hydrogen (secondary N) is 2. The van der Waals surface area contributed by atoms with E-state index in [4.69, 9.17) is 16.3 Å². The third kappa shape index (κ3) is 5.50. The zero-order valence-electron chi connectivity index (χ0n) is 22.1. The van der Waals surface area contributed by atoms with Gasteiger partial charge in [-0.2, -0.15) is 5.10 Å². The molecule has 0 radical (unpaired) electrons. The summed E-state index contributed by atoms with van der Waals surface area (Å²) >= 11 is 6.58. The number of nitrogens with zero attached hydrogens (tertiary/aromatic N) is 2. The summed E-state index contributed by atoms with van der Waals surface area (Å²) < 4.78 is 5.42. The third-order valence-corrected chi connectivity index (χ3v) is 8.42. The molecule has 3 aliphatic rings. The van der Waals surface area contributed by atoms with Crippen molar-refractivity contribution in [3.05, 3.63) is 112 Å². The van der Waals surface area contributed by atoms with E-state index in [0.29, 0.717) is 17.4 Å². The normalized spacial score (nSPS) is 22.6. The van der Waals surface area contributed by atoms with E-state index < -0.39 is 0 Å². The molecule has 3 atom stereocenters. The van der Waals surface area contributed by atoms with Crippen molar-refractivity contribution >= 4 is 28.9 Å².